The van der Waals surface area contributed by atoms with Crippen molar-refractivity contribution in [3.05, 3.63) is 187 Å². The van der Waals surface area contributed by atoms with Gasteiger partial charge in [0.15, 0.2) is 0 Å². The van der Waals surface area contributed by atoms with Crippen molar-refractivity contribution < 1.29 is 30.9 Å². The van der Waals surface area contributed by atoms with E-state index in [1.807, 2.05) is 86.7 Å². The van der Waals surface area contributed by atoms with Crippen LogP contribution in [-0.4, -0.2) is 54.0 Å². The van der Waals surface area contributed by atoms with Crippen molar-refractivity contribution >= 4 is 58.0 Å². The number of hydrogen-bond acceptors (Lipinski definition) is 3. The van der Waals surface area contributed by atoms with Crippen molar-refractivity contribution in [3.8, 4) is 0 Å². The van der Waals surface area contributed by atoms with Crippen molar-refractivity contribution in [2.24, 2.45) is 0 Å². The molecule has 3 rings (SSSR count). The van der Waals surface area contributed by atoms with Crippen molar-refractivity contribution in [1.29, 1.82) is 0 Å². The zero-order valence-electron chi connectivity index (χ0n) is 29.2. The molecule has 0 heterocycles. The molecule has 0 bridgehead atoms. The molecule has 0 saturated carbocycles. The average molecular weight is 1040 g/mol. The molecule has 49 heavy (non-hydrogen) atoms. The maximum Gasteiger partial charge on any atom is 0.0428 e. The van der Waals surface area contributed by atoms with Crippen LogP contribution < -0.4 is 7.02 Å². The van der Waals surface area contributed by atoms with Crippen LogP contribution in [0.2, 0.25) is 0 Å². The molecule has 0 spiro atoms. The Morgan fingerprint density at radius 1 is 0.796 bits per heavy atom. The number of aliphatic hydroxyl groups is 1. The van der Waals surface area contributed by atoms with E-state index in [1.165, 1.54) is 0 Å². The van der Waals surface area contributed by atoms with Crippen molar-refractivity contribution in [2.75, 3.05) is 6.61 Å². The Morgan fingerprint density at radius 3 is 1.71 bits per heavy atom. The van der Waals surface area contributed by atoms with Crippen LogP contribution >= 0.6 is 0 Å². The molecule has 1 aliphatic rings. The maximum absolute atomic E-state index is 14.0. The molecule has 0 radical (unpaired) electrons. The molecule has 6 heteroatoms. The summed E-state index contributed by atoms with van der Waals surface area (Å²) >= 11 is -9.03. The average Bonchev–Trinajstić information content (AvgIpc) is 3.14. The Balaban J connectivity index is 0.00000227. The van der Waals surface area contributed by atoms with Crippen molar-refractivity contribution in [2.45, 2.75) is 40.0 Å². The SMILES string of the molecule is C=CC(=C)CC[C](=C)[Sb]([O][Sb]([OH])([C]1=C=C=C(C=C)C=C1)([c]1ccc(C=C)cc1)[c]1ccc(C=C)cc1)/[C](C)=C/C=C(\C)C=C.CCCO.[W]. The van der Waals surface area contributed by atoms with E-state index >= 15 is 0 Å². The Labute approximate surface area is 319 Å². The van der Waals surface area contributed by atoms with Gasteiger partial charge in [0, 0.05) is 27.7 Å². The van der Waals surface area contributed by atoms with E-state index in [4.69, 9.17) is 6.40 Å². The zero-order chi connectivity index (χ0) is 35.8. The van der Waals surface area contributed by atoms with Crippen LogP contribution in [0.15, 0.2) is 176 Å². The molecule has 3 nitrogen and oxygen atoms in total. The Bertz CT molecular complexity index is 1690. The van der Waals surface area contributed by atoms with Gasteiger partial charge in [-0.05, 0) is 6.42 Å². The monoisotopic (exact) mass is 1040 g/mol. The molecule has 2 aromatic rings. The first kappa shape index (κ1) is 44.4. The van der Waals surface area contributed by atoms with E-state index in [0.717, 1.165) is 48.3 Å². The summed E-state index contributed by atoms with van der Waals surface area (Å²) in [6.45, 7) is 34.5. The molecule has 0 amide bonds. The molecule has 0 aliphatic heterocycles. The van der Waals surface area contributed by atoms with Gasteiger partial charge in [0.2, 0.25) is 0 Å². The molecule has 0 atom stereocenters. The summed E-state index contributed by atoms with van der Waals surface area (Å²) in [4.78, 5) is 0. The van der Waals surface area contributed by atoms with E-state index in [0.29, 0.717) is 23.0 Å². The van der Waals surface area contributed by atoms with Crippen LogP contribution in [0.4, 0.5) is 0 Å². The van der Waals surface area contributed by atoms with Gasteiger partial charge in [-0.3, -0.25) is 0 Å². The number of aliphatic hydroxyl groups excluding tert-OH is 1. The number of allylic oxidation sites excluding steroid dienone is 13. The fraction of sp³-hybridized carbons (Fsp3) is 0.163. The predicted octanol–water partition coefficient (Wildman–Crippen LogP) is 9.01. The van der Waals surface area contributed by atoms with Crippen molar-refractivity contribution in [3.63, 3.8) is 0 Å². The van der Waals surface area contributed by atoms with E-state index in [2.05, 4.69) is 70.5 Å². The van der Waals surface area contributed by atoms with Crippen LogP contribution in [0.5, 0.6) is 0 Å². The third kappa shape index (κ3) is 11.4. The third-order valence-corrected chi connectivity index (χ3v) is 33.2. The summed E-state index contributed by atoms with van der Waals surface area (Å²) < 4.78 is 25.7. The van der Waals surface area contributed by atoms with E-state index in [9.17, 15) is 3.39 Å². The van der Waals surface area contributed by atoms with Crippen LogP contribution in [0.25, 0.3) is 12.2 Å². The summed E-state index contributed by atoms with van der Waals surface area (Å²) in [5.41, 5.74) is 11.2. The van der Waals surface area contributed by atoms with Crippen LogP contribution in [0, 0.1) is 0 Å². The van der Waals surface area contributed by atoms with Crippen LogP contribution in [0.3, 0.4) is 0 Å². The second-order valence-corrected chi connectivity index (χ2v) is 30.2. The molecule has 1 aliphatic carbocycles. The van der Waals surface area contributed by atoms with Gasteiger partial charge in [0.1, 0.15) is 0 Å². The molecule has 2 aromatic carbocycles. The van der Waals surface area contributed by atoms with E-state index in [-0.39, 0.29) is 21.1 Å². The molecule has 0 fully saturated rings. The minimum atomic E-state index is -5.85. The van der Waals surface area contributed by atoms with Crippen LogP contribution in [0.1, 0.15) is 51.2 Å². The third-order valence-electron chi connectivity index (χ3n) is 7.64. The number of benzene rings is 2. The molecular weight excluding hydrogens is 992 g/mol. The standard InChI is InChI=1S/2C8H7.C8H5.2C8H11.C3H8O.H2O.O.2Sb.W/c3*1-2-8-6-4-3-5-7-8;2*1-4-6-7-8(3)5-2;1-2-3-4;;;;;/h2*2,4-7H,1H2;2,4,6H,1H2;5-7H,2H2,1,3H3;5H,1-3,6-7H2;4H,2-3H2,1H3;1H2;;;;/q;;;;;;;;;+1;/p-1/b;;;6-4?,8-7+;;;;;;;. The molecule has 2 N–H and O–H groups in total. The smallest absolute Gasteiger partial charge is 0.0428 e. The topological polar surface area (TPSA) is 49.7 Å². The van der Waals surface area contributed by atoms with Crippen molar-refractivity contribution in [1.82, 2.24) is 0 Å². The first-order valence-electron chi connectivity index (χ1n) is 15.8. The molecule has 256 valence electrons. The molecule has 0 unspecified atom stereocenters. The fourth-order valence-corrected chi connectivity index (χ4v) is 34.1. The summed E-state index contributed by atoms with van der Waals surface area (Å²) in [7, 11) is 0. The van der Waals surface area contributed by atoms with Gasteiger partial charge >= 0.3 is 276 Å². The summed E-state index contributed by atoms with van der Waals surface area (Å²) in [5.74, 6) is 0. The Kier molecular flexibility index (Phi) is 19.5. The first-order chi connectivity index (χ1) is 22.9. The van der Waals surface area contributed by atoms with Gasteiger partial charge in [0.05, 0.1) is 0 Å². The minimum absolute atomic E-state index is 0. The molecule has 0 aromatic heterocycles. The second-order valence-electron chi connectivity index (χ2n) is 11.2. The summed E-state index contributed by atoms with van der Waals surface area (Å²) in [5, 5.41) is 7.88. The number of rotatable bonds is 17. The quantitative estimate of drug-likeness (QED) is 0.0946. The molecule has 0 saturated heterocycles. The zero-order valence-corrected chi connectivity index (χ0v) is 37.2. The summed E-state index contributed by atoms with van der Waals surface area (Å²) in [6.07, 6.45) is 19.1. The Hall–Kier alpha value is -2.66. The Morgan fingerprint density at radius 2 is 1.33 bits per heavy atom. The van der Waals surface area contributed by atoms with E-state index < -0.39 is 38.9 Å². The van der Waals surface area contributed by atoms with Gasteiger partial charge < -0.3 is 5.11 Å². The largest absolute Gasteiger partial charge is 0.396 e. The maximum atomic E-state index is 14.0. The van der Waals surface area contributed by atoms with Gasteiger partial charge in [-0.25, -0.2) is 0 Å². The first-order valence-corrected chi connectivity index (χ1v) is 25.4. The van der Waals surface area contributed by atoms with Gasteiger partial charge in [0.25, 0.3) is 0 Å². The minimum Gasteiger partial charge on any atom is -0.396 e. The summed E-state index contributed by atoms with van der Waals surface area (Å²) in [6, 6.07) is 15.8. The fourth-order valence-electron chi connectivity index (χ4n) is 4.52. The molecular formula is C43H50O3Sb2W. The predicted molar refractivity (Wildman–Crippen MR) is 213 cm³/mol. The number of hydrogen-bond donors (Lipinski definition) is 2. The van der Waals surface area contributed by atoms with Crippen LogP contribution in [-0.2, 0) is 22.4 Å². The van der Waals surface area contributed by atoms with Gasteiger partial charge in [-0.1, -0.05) is 6.92 Å². The van der Waals surface area contributed by atoms with E-state index in [1.54, 1.807) is 24.3 Å². The normalized spacial score (nSPS) is 13.3. The van der Waals surface area contributed by atoms with Gasteiger partial charge in [-0.15, -0.1) is 0 Å². The van der Waals surface area contributed by atoms with Gasteiger partial charge in [-0.2, -0.15) is 0 Å². The second kappa shape index (κ2) is 21.5.